The Bertz CT molecular complexity index is 881. The molecular formula is C20H18ClN3O3. The Balaban J connectivity index is 1.66. The minimum Gasteiger partial charge on any atom is -0.326 e. The fourth-order valence-corrected chi connectivity index (χ4v) is 2.95. The third-order valence-electron chi connectivity index (χ3n) is 4.05. The van der Waals surface area contributed by atoms with Crippen LogP contribution in [0.3, 0.4) is 0 Å². The second-order valence-electron chi connectivity index (χ2n) is 6.07. The number of nitrogens with one attached hydrogen (secondary N) is 2. The number of halogens is 1. The number of amides is 3. The maximum Gasteiger partial charge on any atom is 0.269 e. The molecule has 1 aliphatic heterocycles. The van der Waals surface area contributed by atoms with Crippen molar-refractivity contribution in [1.29, 1.82) is 0 Å². The smallest absolute Gasteiger partial charge is 0.269 e. The van der Waals surface area contributed by atoms with E-state index in [0.29, 0.717) is 11.3 Å². The first-order chi connectivity index (χ1) is 13.0. The molecule has 0 saturated carbocycles. The van der Waals surface area contributed by atoms with E-state index in [1.165, 1.54) is 11.9 Å². The highest BCUT2D eigenvalue weighted by atomic mass is 35.5. The van der Waals surface area contributed by atoms with Crippen molar-refractivity contribution < 1.29 is 14.4 Å². The molecule has 2 aromatic carbocycles. The van der Waals surface area contributed by atoms with Crippen molar-refractivity contribution in [2.75, 3.05) is 5.32 Å². The number of nitrogens with zero attached hydrogens (tertiary/aromatic N) is 1. The molecule has 27 heavy (non-hydrogen) atoms. The molecule has 2 aromatic rings. The predicted octanol–water partition coefficient (Wildman–Crippen LogP) is 2.82. The SMILES string of the molecule is CC(=O)Nc1ccc(C(=O)NN2C(=O)[C@@H](Cl)[C@H]2/C=C\c2ccccc2)cc1. The van der Waals surface area contributed by atoms with E-state index in [-0.39, 0.29) is 11.8 Å². The highest BCUT2D eigenvalue weighted by Crippen LogP contribution is 2.25. The number of benzene rings is 2. The van der Waals surface area contributed by atoms with Crippen LogP contribution in [0, 0.1) is 0 Å². The number of hydrogen-bond acceptors (Lipinski definition) is 3. The van der Waals surface area contributed by atoms with Gasteiger partial charge < -0.3 is 5.32 Å². The van der Waals surface area contributed by atoms with Gasteiger partial charge in [0.2, 0.25) is 5.91 Å². The quantitative estimate of drug-likeness (QED) is 0.615. The van der Waals surface area contributed by atoms with Crippen LogP contribution < -0.4 is 10.7 Å². The molecule has 0 aromatic heterocycles. The fraction of sp³-hybridized carbons (Fsp3) is 0.150. The number of carbonyl (C=O) groups excluding carboxylic acids is 3. The van der Waals surface area contributed by atoms with Gasteiger partial charge in [-0.3, -0.25) is 19.8 Å². The van der Waals surface area contributed by atoms with Gasteiger partial charge in [-0.25, -0.2) is 5.01 Å². The molecule has 7 heteroatoms. The van der Waals surface area contributed by atoms with Crippen LogP contribution in [0.4, 0.5) is 5.69 Å². The molecule has 1 aliphatic rings. The second-order valence-corrected chi connectivity index (χ2v) is 6.54. The highest BCUT2D eigenvalue weighted by Gasteiger charge is 2.45. The number of rotatable bonds is 5. The third-order valence-corrected chi connectivity index (χ3v) is 4.49. The lowest BCUT2D eigenvalue weighted by atomic mass is 10.0. The van der Waals surface area contributed by atoms with Gasteiger partial charge in [0.25, 0.3) is 11.8 Å². The van der Waals surface area contributed by atoms with Crippen LogP contribution in [0.15, 0.2) is 60.7 Å². The molecule has 3 amide bonds. The number of alkyl halides is 1. The molecule has 0 spiro atoms. The van der Waals surface area contributed by atoms with E-state index >= 15 is 0 Å². The molecule has 0 aliphatic carbocycles. The number of hydrogen-bond donors (Lipinski definition) is 2. The molecule has 0 unspecified atom stereocenters. The first-order valence-electron chi connectivity index (χ1n) is 8.35. The Morgan fingerprint density at radius 3 is 2.37 bits per heavy atom. The van der Waals surface area contributed by atoms with Gasteiger partial charge in [0.15, 0.2) is 0 Å². The van der Waals surface area contributed by atoms with Crippen LogP contribution >= 0.6 is 11.6 Å². The lowest BCUT2D eigenvalue weighted by molar-refractivity contribution is -0.146. The Morgan fingerprint density at radius 2 is 1.74 bits per heavy atom. The first kappa shape index (κ1) is 18.7. The largest absolute Gasteiger partial charge is 0.326 e. The van der Waals surface area contributed by atoms with Crippen molar-refractivity contribution in [2.24, 2.45) is 0 Å². The maximum atomic E-state index is 12.4. The van der Waals surface area contributed by atoms with E-state index in [1.54, 1.807) is 30.3 Å². The molecule has 0 radical (unpaired) electrons. The van der Waals surface area contributed by atoms with Gasteiger partial charge in [0.05, 0.1) is 6.04 Å². The van der Waals surface area contributed by atoms with E-state index < -0.39 is 17.3 Å². The zero-order valence-corrected chi connectivity index (χ0v) is 15.3. The van der Waals surface area contributed by atoms with E-state index in [1.807, 2.05) is 36.4 Å². The third kappa shape index (κ3) is 4.35. The second kappa shape index (κ2) is 8.05. The topological polar surface area (TPSA) is 78.5 Å². The number of anilines is 1. The van der Waals surface area contributed by atoms with E-state index in [4.69, 9.17) is 11.6 Å². The van der Waals surface area contributed by atoms with E-state index in [2.05, 4.69) is 10.7 Å². The van der Waals surface area contributed by atoms with Crippen LogP contribution in [-0.2, 0) is 9.59 Å². The van der Waals surface area contributed by atoms with E-state index in [0.717, 1.165) is 5.56 Å². The first-order valence-corrected chi connectivity index (χ1v) is 8.78. The van der Waals surface area contributed by atoms with Crippen LogP contribution in [0.1, 0.15) is 22.8 Å². The van der Waals surface area contributed by atoms with Crippen LogP contribution in [0.5, 0.6) is 0 Å². The summed E-state index contributed by atoms with van der Waals surface area (Å²) in [6, 6.07) is 15.5. The maximum absolute atomic E-state index is 12.4. The molecule has 2 atom stereocenters. The Morgan fingerprint density at radius 1 is 1.07 bits per heavy atom. The lowest BCUT2D eigenvalue weighted by Gasteiger charge is -2.42. The summed E-state index contributed by atoms with van der Waals surface area (Å²) in [5.41, 5.74) is 4.50. The summed E-state index contributed by atoms with van der Waals surface area (Å²) >= 11 is 6.09. The Kier molecular flexibility index (Phi) is 5.57. The number of hydrazine groups is 1. The molecule has 2 N–H and O–H groups in total. The van der Waals surface area contributed by atoms with E-state index in [9.17, 15) is 14.4 Å². The highest BCUT2D eigenvalue weighted by molar-refractivity contribution is 6.34. The summed E-state index contributed by atoms with van der Waals surface area (Å²) in [7, 11) is 0. The van der Waals surface area contributed by atoms with Gasteiger partial charge >= 0.3 is 0 Å². The van der Waals surface area contributed by atoms with Crippen molar-refractivity contribution in [2.45, 2.75) is 18.3 Å². The molecule has 6 nitrogen and oxygen atoms in total. The van der Waals surface area contributed by atoms with Gasteiger partial charge in [-0.05, 0) is 29.8 Å². The van der Waals surface area contributed by atoms with Crippen molar-refractivity contribution in [3.63, 3.8) is 0 Å². The summed E-state index contributed by atoms with van der Waals surface area (Å²) in [6.45, 7) is 1.40. The number of β-lactam (4-membered cyclic amide) rings is 1. The van der Waals surface area contributed by atoms with Crippen LogP contribution in [0.2, 0.25) is 0 Å². The van der Waals surface area contributed by atoms with Crippen molar-refractivity contribution >= 4 is 41.1 Å². The molecular weight excluding hydrogens is 366 g/mol. The summed E-state index contributed by atoms with van der Waals surface area (Å²) in [4.78, 5) is 35.5. The summed E-state index contributed by atoms with van der Waals surface area (Å²) in [5.74, 6) is -0.985. The molecule has 0 bridgehead atoms. The zero-order valence-electron chi connectivity index (χ0n) is 14.6. The Hall–Kier alpha value is -3.12. The minimum atomic E-state index is -0.715. The van der Waals surface area contributed by atoms with Crippen molar-refractivity contribution in [3.8, 4) is 0 Å². The molecule has 138 valence electrons. The monoisotopic (exact) mass is 383 g/mol. The van der Waals surface area contributed by atoms with Crippen LogP contribution in [-0.4, -0.2) is 34.1 Å². The summed E-state index contributed by atoms with van der Waals surface area (Å²) in [6.07, 6.45) is 3.64. The zero-order chi connectivity index (χ0) is 19.4. The lowest BCUT2D eigenvalue weighted by Crippen LogP contribution is -2.67. The molecule has 1 heterocycles. The van der Waals surface area contributed by atoms with Gasteiger partial charge in [0.1, 0.15) is 5.38 Å². The molecule has 1 fully saturated rings. The van der Waals surface area contributed by atoms with Gasteiger partial charge in [-0.1, -0.05) is 42.5 Å². The van der Waals surface area contributed by atoms with Crippen LogP contribution in [0.25, 0.3) is 6.08 Å². The minimum absolute atomic E-state index is 0.195. The standard InChI is InChI=1S/C20H18ClN3O3/c1-13(25)22-16-10-8-15(9-11-16)19(26)23-24-17(18(21)20(24)27)12-7-14-5-3-2-4-6-14/h2-12,17-18H,1H3,(H,22,25)(H,23,26)/b12-7-/t17-,18+/m1/s1. The molecule has 1 saturated heterocycles. The van der Waals surface area contributed by atoms with Gasteiger partial charge in [0, 0.05) is 18.2 Å². The van der Waals surface area contributed by atoms with Crippen molar-refractivity contribution in [3.05, 3.63) is 71.8 Å². The van der Waals surface area contributed by atoms with Gasteiger partial charge in [-0.2, -0.15) is 0 Å². The normalized spacial score (nSPS) is 18.9. The molecule has 3 rings (SSSR count). The predicted molar refractivity (Wildman–Crippen MR) is 104 cm³/mol. The summed E-state index contributed by atoms with van der Waals surface area (Å²) < 4.78 is 0. The number of carbonyl (C=O) groups is 3. The van der Waals surface area contributed by atoms with Gasteiger partial charge in [-0.15, -0.1) is 11.6 Å². The fourth-order valence-electron chi connectivity index (χ4n) is 2.64. The average Bonchev–Trinajstić information content (AvgIpc) is 2.67. The average molecular weight is 384 g/mol. The summed E-state index contributed by atoms with van der Waals surface area (Å²) in [5, 5.41) is 3.13. The van der Waals surface area contributed by atoms with Crippen molar-refractivity contribution in [1.82, 2.24) is 10.4 Å². The Labute approximate surface area is 161 Å².